The number of thiazole rings is 1. The third-order valence-electron chi connectivity index (χ3n) is 4.27. The summed E-state index contributed by atoms with van der Waals surface area (Å²) in [7, 11) is 0. The number of carbonyl (C=O) groups excluding carboxylic acids is 2. The highest BCUT2D eigenvalue weighted by Crippen LogP contribution is 2.37. The Bertz CT molecular complexity index is 846. The molecule has 0 bridgehead atoms. The first-order chi connectivity index (χ1) is 12.4. The molecule has 0 aliphatic carbocycles. The molecule has 6 nitrogen and oxygen atoms in total. The van der Waals surface area contributed by atoms with E-state index in [2.05, 4.69) is 4.98 Å². The first-order valence-electron chi connectivity index (χ1n) is 8.60. The SMILES string of the molecule is CCC(C)OC(=O)CN1C(=O)COc2ccc(-c3nc(C)sc3C)cc21. The summed E-state index contributed by atoms with van der Waals surface area (Å²) in [4.78, 5) is 31.6. The van der Waals surface area contributed by atoms with Gasteiger partial charge in [-0.15, -0.1) is 11.3 Å². The van der Waals surface area contributed by atoms with E-state index in [0.29, 0.717) is 11.4 Å². The molecule has 0 fully saturated rings. The van der Waals surface area contributed by atoms with Crippen LogP contribution in [-0.4, -0.2) is 36.1 Å². The smallest absolute Gasteiger partial charge is 0.326 e. The van der Waals surface area contributed by atoms with Crippen molar-refractivity contribution in [1.82, 2.24) is 4.98 Å². The molecule has 0 saturated carbocycles. The van der Waals surface area contributed by atoms with Crippen LogP contribution in [0.5, 0.6) is 5.75 Å². The van der Waals surface area contributed by atoms with Crippen LogP contribution >= 0.6 is 11.3 Å². The number of amides is 1. The van der Waals surface area contributed by atoms with Gasteiger partial charge in [0.15, 0.2) is 6.61 Å². The molecule has 1 aliphatic heterocycles. The molecule has 1 aliphatic rings. The van der Waals surface area contributed by atoms with Gasteiger partial charge in [-0.2, -0.15) is 0 Å². The first kappa shape index (κ1) is 18.4. The highest BCUT2D eigenvalue weighted by atomic mass is 32.1. The minimum absolute atomic E-state index is 0.0855. The minimum atomic E-state index is -0.424. The average Bonchev–Trinajstić information content (AvgIpc) is 2.95. The van der Waals surface area contributed by atoms with Crippen LogP contribution in [0.3, 0.4) is 0 Å². The second-order valence-electron chi connectivity index (χ2n) is 6.30. The van der Waals surface area contributed by atoms with Gasteiger partial charge < -0.3 is 9.47 Å². The van der Waals surface area contributed by atoms with Gasteiger partial charge in [0.2, 0.25) is 0 Å². The van der Waals surface area contributed by atoms with E-state index in [1.165, 1.54) is 4.90 Å². The van der Waals surface area contributed by atoms with E-state index in [9.17, 15) is 9.59 Å². The van der Waals surface area contributed by atoms with Gasteiger partial charge >= 0.3 is 5.97 Å². The van der Waals surface area contributed by atoms with E-state index in [1.807, 2.05) is 45.9 Å². The summed E-state index contributed by atoms with van der Waals surface area (Å²) >= 11 is 1.63. The number of hydrogen-bond donors (Lipinski definition) is 0. The van der Waals surface area contributed by atoms with Crippen LogP contribution in [0, 0.1) is 13.8 Å². The van der Waals surface area contributed by atoms with Crippen LogP contribution in [0.15, 0.2) is 18.2 Å². The number of hydrogen-bond acceptors (Lipinski definition) is 6. The Hall–Kier alpha value is -2.41. The molecule has 1 amide bonds. The standard InChI is InChI=1S/C19H22N2O4S/c1-5-11(2)25-18(23)9-21-15-8-14(19-12(3)26-13(4)20-19)6-7-16(15)24-10-17(21)22/h6-8,11H,5,9-10H2,1-4H3. The number of anilines is 1. The Labute approximate surface area is 156 Å². The normalized spacial score (nSPS) is 14.6. The number of fused-ring (bicyclic) bond motifs is 1. The van der Waals surface area contributed by atoms with E-state index in [4.69, 9.17) is 9.47 Å². The maximum absolute atomic E-state index is 12.3. The highest BCUT2D eigenvalue weighted by Gasteiger charge is 2.29. The number of rotatable bonds is 5. The van der Waals surface area contributed by atoms with E-state index < -0.39 is 5.97 Å². The maximum Gasteiger partial charge on any atom is 0.326 e. The maximum atomic E-state index is 12.3. The fourth-order valence-electron chi connectivity index (χ4n) is 2.79. The molecule has 0 radical (unpaired) electrons. The van der Waals surface area contributed by atoms with E-state index >= 15 is 0 Å². The van der Waals surface area contributed by atoms with Gasteiger partial charge in [0.05, 0.1) is 22.5 Å². The third kappa shape index (κ3) is 3.72. The van der Waals surface area contributed by atoms with Gasteiger partial charge in [-0.3, -0.25) is 14.5 Å². The summed E-state index contributed by atoms with van der Waals surface area (Å²) in [5.41, 5.74) is 2.35. The predicted octanol–water partition coefficient (Wildman–Crippen LogP) is 3.49. The Kier molecular flexibility index (Phi) is 5.27. The zero-order valence-electron chi connectivity index (χ0n) is 15.4. The fraction of sp³-hybridized carbons (Fsp3) is 0.421. The summed E-state index contributed by atoms with van der Waals surface area (Å²) < 4.78 is 10.8. The molecule has 2 aromatic rings. The zero-order chi connectivity index (χ0) is 18.8. The van der Waals surface area contributed by atoms with Crippen molar-refractivity contribution in [1.29, 1.82) is 0 Å². The van der Waals surface area contributed by atoms with Crippen LogP contribution in [0.4, 0.5) is 5.69 Å². The van der Waals surface area contributed by atoms with Crippen LogP contribution in [0.2, 0.25) is 0 Å². The summed E-state index contributed by atoms with van der Waals surface area (Å²) in [5.74, 6) is -0.108. The largest absolute Gasteiger partial charge is 0.482 e. The summed E-state index contributed by atoms with van der Waals surface area (Å²) in [6, 6.07) is 5.59. The van der Waals surface area contributed by atoms with Crippen LogP contribution in [0.25, 0.3) is 11.3 Å². The van der Waals surface area contributed by atoms with Crippen molar-refractivity contribution < 1.29 is 19.1 Å². The number of carbonyl (C=O) groups is 2. The van der Waals surface area contributed by atoms with Crippen LogP contribution < -0.4 is 9.64 Å². The summed E-state index contributed by atoms with van der Waals surface area (Å²) in [6.45, 7) is 7.54. The van der Waals surface area contributed by atoms with Crippen LogP contribution in [0.1, 0.15) is 30.2 Å². The van der Waals surface area contributed by atoms with Crippen molar-refractivity contribution in [3.05, 3.63) is 28.1 Å². The molecule has 1 aromatic carbocycles. The Morgan fingerprint density at radius 2 is 2.19 bits per heavy atom. The van der Waals surface area contributed by atoms with E-state index in [-0.39, 0.29) is 25.2 Å². The highest BCUT2D eigenvalue weighted by molar-refractivity contribution is 7.11. The first-order valence-corrected chi connectivity index (χ1v) is 9.41. The quantitative estimate of drug-likeness (QED) is 0.750. The second-order valence-corrected chi connectivity index (χ2v) is 7.70. The topological polar surface area (TPSA) is 68.7 Å². The zero-order valence-corrected chi connectivity index (χ0v) is 16.2. The van der Waals surface area contributed by atoms with E-state index in [0.717, 1.165) is 27.6 Å². The van der Waals surface area contributed by atoms with Gasteiger partial charge in [0.25, 0.3) is 5.91 Å². The number of esters is 1. The molecule has 0 spiro atoms. The number of ether oxygens (including phenoxy) is 2. The van der Waals surface area contributed by atoms with Crippen molar-refractivity contribution in [3.63, 3.8) is 0 Å². The molecule has 3 rings (SSSR count). The van der Waals surface area contributed by atoms with Crippen molar-refractivity contribution in [2.75, 3.05) is 18.1 Å². The molecular weight excluding hydrogens is 352 g/mol. The van der Waals surface area contributed by atoms with Crippen molar-refractivity contribution in [3.8, 4) is 17.0 Å². The van der Waals surface area contributed by atoms with Gasteiger partial charge in [0, 0.05) is 10.4 Å². The average molecular weight is 374 g/mol. The monoisotopic (exact) mass is 374 g/mol. The molecule has 2 heterocycles. The lowest BCUT2D eigenvalue weighted by Gasteiger charge is -2.29. The van der Waals surface area contributed by atoms with Gasteiger partial charge in [-0.05, 0) is 45.4 Å². The third-order valence-corrected chi connectivity index (χ3v) is 5.16. The lowest BCUT2D eigenvalue weighted by Crippen LogP contribution is -2.42. The molecular formula is C19H22N2O4S. The van der Waals surface area contributed by atoms with E-state index in [1.54, 1.807) is 11.3 Å². The molecule has 26 heavy (non-hydrogen) atoms. The Balaban J connectivity index is 1.92. The fourth-order valence-corrected chi connectivity index (χ4v) is 3.63. The lowest BCUT2D eigenvalue weighted by molar-refractivity contribution is -0.147. The minimum Gasteiger partial charge on any atom is -0.482 e. The number of aromatic nitrogens is 1. The number of nitrogens with zero attached hydrogens (tertiary/aromatic N) is 2. The second kappa shape index (κ2) is 7.45. The molecule has 1 atom stereocenters. The summed E-state index contributed by atoms with van der Waals surface area (Å²) in [6.07, 6.45) is 0.552. The molecule has 1 unspecified atom stereocenters. The molecule has 7 heteroatoms. The van der Waals surface area contributed by atoms with Gasteiger partial charge in [-0.25, -0.2) is 4.98 Å². The molecule has 1 aromatic heterocycles. The molecule has 0 saturated heterocycles. The molecule has 138 valence electrons. The predicted molar refractivity (Wildman–Crippen MR) is 101 cm³/mol. The van der Waals surface area contributed by atoms with Crippen molar-refractivity contribution in [2.24, 2.45) is 0 Å². The summed E-state index contributed by atoms with van der Waals surface area (Å²) in [5, 5.41) is 0.983. The van der Waals surface area contributed by atoms with Gasteiger partial charge in [0.1, 0.15) is 12.3 Å². The van der Waals surface area contributed by atoms with Crippen molar-refractivity contribution in [2.45, 2.75) is 40.2 Å². The number of benzene rings is 1. The van der Waals surface area contributed by atoms with Gasteiger partial charge in [-0.1, -0.05) is 6.92 Å². The number of aryl methyl sites for hydroxylation is 2. The van der Waals surface area contributed by atoms with Crippen molar-refractivity contribution >= 4 is 28.9 Å². The molecule has 0 N–H and O–H groups in total. The van der Waals surface area contributed by atoms with Crippen LogP contribution in [-0.2, 0) is 14.3 Å². The lowest BCUT2D eigenvalue weighted by atomic mass is 10.1. The Morgan fingerprint density at radius 3 is 2.85 bits per heavy atom. The Morgan fingerprint density at radius 1 is 1.42 bits per heavy atom.